The Bertz CT molecular complexity index is 1910. The van der Waals surface area contributed by atoms with Crippen LogP contribution in [0.1, 0.15) is 38.1 Å². The summed E-state index contributed by atoms with van der Waals surface area (Å²) in [6.45, 7) is 1.01. The maximum atomic E-state index is 12.8. The molecular weight excluding hydrogens is 690 g/mol. The Morgan fingerprint density at radius 1 is 0.692 bits per heavy atom. The van der Waals surface area contributed by atoms with Crippen molar-refractivity contribution >= 4 is 45.6 Å². The van der Waals surface area contributed by atoms with E-state index in [1.807, 2.05) is 0 Å². The second kappa shape index (κ2) is 17.1. The van der Waals surface area contributed by atoms with Crippen molar-refractivity contribution in [2.24, 2.45) is 0 Å². The van der Waals surface area contributed by atoms with Gasteiger partial charge in [0.2, 0.25) is 11.6 Å². The number of nitrogens with zero attached hydrogens (tertiary/aromatic N) is 1. The van der Waals surface area contributed by atoms with Gasteiger partial charge in [-0.15, -0.1) is 11.3 Å². The third kappa shape index (κ3) is 8.30. The number of carbonyl (C=O) groups excluding carboxylic acids is 2. The molecule has 3 atom stereocenters. The number of methoxy groups -OCH3 is 2. The zero-order valence-corrected chi connectivity index (χ0v) is 29.7. The molecule has 0 radical (unpaired) electrons. The van der Waals surface area contributed by atoms with Crippen molar-refractivity contribution < 1.29 is 53.8 Å². The van der Waals surface area contributed by atoms with Crippen molar-refractivity contribution in [3.05, 3.63) is 125 Å². The molecule has 272 valence electrons. The van der Waals surface area contributed by atoms with E-state index in [4.69, 9.17) is 14.2 Å². The average molecular weight is 730 g/mol. The van der Waals surface area contributed by atoms with Crippen molar-refractivity contribution in [2.75, 3.05) is 34.9 Å². The van der Waals surface area contributed by atoms with Gasteiger partial charge in [0.15, 0.2) is 0 Å². The van der Waals surface area contributed by atoms with E-state index in [1.54, 1.807) is 11.3 Å². The predicted molar refractivity (Wildman–Crippen MR) is 195 cm³/mol. The minimum Gasteiger partial charge on any atom is -0.497 e. The SMILES string of the molecule is CN(C)CC[C@H](Oc1cccc2ccccc12)c1cccs1.COc1ccc(C(=O)C(O)(C(=O)O)C(O)(C(=O)O)C(=O)c2ccc(OC)cc2)cc1. The predicted octanol–water partition coefficient (Wildman–Crippen LogP) is 5.37. The summed E-state index contributed by atoms with van der Waals surface area (Å²) in [5, 5.41) is 45.0. The van der Waals surface area contributed by atoms with Gasteiger partial charge in [-0.25, -0.2) is 9.59 Å². The van der Waals surface area contributed by atoms with Crippen LogP contribution in [0.4, 0.5) is 0 Å². The van der Waals surface area contributed by atoms with Crippen LogP contribution in [0, 0.1) is 0 Å². The van der Waals surface area contributed by atoms with Crippen LogP contribution in [-0.2, 0) is 9.59 Å². The van der Waals surface area contributed by atoms with Gasteiger partial charge in [-0.3, -0.25) is 9.59 Å². The van der Waals surface area contributed by atoms with Crippen LogP contribution in [0.2, 0.25) is 0 Å². The normalized spacial score (nSPS) is 13.8. The van der Waals surface area contributed by atoms with Gasteiger partial charge in [0, 0.05) is 34.4 Å². The van der Waals surface area contributed by atoms with Crippen molar-refractivity contribution in [1.82, 2.24) is 4.90 Å². The molecule has 0 aliphatic rings. The first-order valence-corrected chi connectivity index (χ1v) is 16.8. The van der Waals surface area contributed by atoms with Gasteiger partial charge in [0.05, 0.1) is 14.2 Å². The number of carboxylic acid groups (broad SMARTS) is 2. The van der Waals surface area contributed by atoms with Crippen molar-refractivity contribution in [2.45, 2.75) is 23.7 Å². The van der Waals surface area contributed by atoms with Gasteiger partial charge in [0.25, 0.3) is 11.2 Å². The van der Waals surface area contributed by atoms with Gasteiger partial charge >= 0.3 is 11.9 Å². The molecule has 5 aromatic rings. The molecular formula is C39H39NO11S. The summed E-state index contributed by atoms with van der Waals surface area (Å²) in [6, 6.07) is 28.1. The molecule has 5 rings (SSSR count). The molecule has 52 heavy (non-hydrogen) atoms. The van der Waals surface area contributed by atoms with Gasteiger partial charge < -0.3 is 39.5 Å². The quantitative estimate of drug-likeness (QED) is 0.0800. The lowest BCUT2D eigenvalue weighted by Gasteiger charge is -2.34. The highest BCUT2D eigenvalue weighted by molar-refractivity contribution is 7.10. The van der Waals surface area contributed by atoms with Crippen LogP contribution < -0.4 is 14.2 Å². The van der Waals surface area contributed by atoms with E-state index in [1.165, 1.54) is 54.1 Å². The second-order valence-corrected chi connectivity index (χ2v) is 12.8. The van der Waals surface area contributed by atoms with E-state index in [2.05, 4.69) is 79.0 Å². The monoisotopic (exact) mass is 729 g/mol. The Morgan fingerprint density at radius 3 is 1.63 bits per heavy atom. The third-order valence-corrected chi connectivity index (χ3v) is 9.19. The summed E-state index contributed by atoms with van der Waals surface area (Å²) < 4.78 is 16.2. The zero-order chi connectivity index (χ0) is 38.1. The average Bonchev–Trinajstić information content (AvgIpc) is 3.70. The van der Waals surface area contributed by atoms with E-state index in [0.717, 1.165) is 43.0 Å². The number of hydrogen-bond donors (Lipinski definition) is 4. The molecule has 1 aromatic heterocycles. The van der Waals surface area contributed by atoms with E-state index < -0.39 is 45.8 Å². The number of aliphatic carboxylic acids is 2. The van der Waals surface area contributed by atoms with Crippen LogP contribution >= 0.6 is 11.3 Å². The lowest BCUT2D eigenvalue weighted by atomic mass is 9.73. The number of carboxylic acids is 2. The van der Waals surface area contributed by atoms with Crippen LogP contribution in [-0.4, -0.2) is 94.9 Å². The van der Waals surface area contributed by atoms with Crippen LogP contribution in [0.5, 0.6) is 17.2 Å². The molecule has 4 aromatic carbocycles. The molecule has 0 spiro atoms. The number of thiophene rings is 1. The van der Waals surface area contributed by atoms with Crippen molar-refractivity contribution in [1.29, 1.82) is 0 Å². The number of carbonyl (C=O) groups is 4. The topological polar surface area (TPSA) is 180 Å². The number of benzene rings is 4. The van der Waals surface area contributed by atoms with E-state index >= 15 is 0 Å². The van der Waals surface area contributed by atoms with Crippen LogP contribution in [0.3, 0.4) is 0 Å². The van der Waals surface area contributed by atoms with Gasteiger partial charge in [-0.1, -0.05) is 42.5 Å². The van der Waals surface area contributed by atoms with Gasteiger partial charge in [0.1, 0.15) is 23.4 Å². The Morgan fingerprint density at radius 2 is 1.19 bits per heavy atom. The summed E-state index contributed by atoms with van der Waals surface area (Å²) in [6.07, 6.45) is 1.09. The molecule has 0 bridgehead atoms. The summed E-state index contributed by atoms with van der Waals surface area (Å²) >= 11 is 1.76. The fourth-order valence-electron chi connectivity index (χ4n) is 5.30. The Kier molecular flexibility index (Phi) is 12.9. The standard InChI is InChI=1S/C20H18O10.C19H21NOS/c1-29-13-7-3-11(4-8-13)15(21)19(27,17(23)24)20(28,18(25)26)16(22)12-5-9-14(30-2)10-6-12;1-20(2)13-12-18(19-11-6-14-22-19)21-17-10-5-8-15-7-3-4-9-16(15)17/h3-10,27-28H,1-2H3,(H,23,24)(H,25,26);3-11,14,18H,12-13H2,1-2H3/t;18-/m.0/s1. The van der Waals surface area contributed by atoms with E-state index in [9.17, 15) is 39.6 Å². The molecule has 2 unspecified atom stereocenters. The number of ether oxygens (including phenoxy) is 3. The first-order valence-electron chi connectivity index (χ1n) is 15.9. The highest BCUT2D eigenvalue weighted by Gasteiger charge is 2.69. The summed E-state index contributed by atoms with van der Waals surface area (Å²) in [4.78, 5) is 52.9. The minimum atomic E-state index is -4.04. The first kappa shape index (κ1) is 39.2. The number of hydrogen-bond acceptors (Lipinski definition) is 11. The number of ketones is 2. The molecule has 0 amide bonds. The minimum absolute atomic E-state index is 0.105. The second-order valence-electron chi connectivity index (χ2n) is 11.8. The zero-order valence-electron chi connectivity index (χ0n) is 28.9. The fourth-order valence-corrected chi connectivity index (χ4v) is 6.08. The molecule has 4 N–H and O–H groups in total. The molecule has 12 nitrogen and oxygen atoms in total. The smallest absolute Gasteiger partial charge is 0.348 e. The first-order chi connectivity index (χ1) is 24.8. The number of Topliss-reactive ketones (excluding diaryl/α,β-unsaturated/α-hetero) is 2. The van der Waals surface area contributed by atoms with Crippen LogP contribution in [0.25, 0.3) is 10.8 Å². The summed E-state index contributed by atoms with van der Waals surface area (Å²) in [5.41, 5.74) is -9.01. The Hall–Kier alpha value is -5.60. The highest BCUT2D eigenvalue weighted by atomic mass is 32.1. The van der Waals surface area contributed by atoms with E-state index in [-0.39, 0.29) is 17.6 Å². The lowest BCUT2D eigenvalue weighted by Crippen LogP contribution is -2.71. The summed E-state index contributed by atoms with van der Waals surface area (Å²) in [5.74, 6) is -6.71. The number of rotatable bonds is 15. The highest BCUT2D eigenvalue weighted by Crippen LogP contribution is 2.34. The molecule has 0 saturated heterocycles. The van der Waals surface area contributed by atoms with Gasteiger partial charge in [-0.05, 0) is 85.5 Å². The third-order valence-electron chi connectivity index (χ3n) is 8.22. The maximum Gasteiger partial charge on any atom is 0.348 e. The number of fused-ring (bicyclic) bond motifs is 1. The Balaban J connectivity index is 0.000000243. The van der Waals surface area contributed by atoms with Crippen molar-refractivity contribution in [3.8, 4) is 17.2 Å². The van der Waals surface area contributed by atoms with Gasteiger partial charge in [-0.2, -0.15) is 0 Å². The lowest BCUT2D eigenvalue weighted by molar-refractivity contribution is -0.187. The van der Waals surface area contributed by atoms with E-state index in [0.29, 0.717) is 0 Å². The molecule has 0 fully saturated rings. The van der Waals surface area contributed by atoms with Crippen molar-refractivity contribution in [3.63, 3.8) is 0 Å². The number of aliphatic hydroxyl groups is 2. The molecule has 0 saturated carbocycles. The largest absolute Gasteiger partial charge is 0.497 e. The summed E-state index contributed by atoms with van der Waals surface area (Å²) in [7, 11) is 6.87. The van der Waals surface area contributed by atoms with Crippen LogP contribution in [0.15, 0.2) is 109 Å². The molecule has 0 aliphatic carbocycles. The fraction of sp³-hybridized carbons (Fsp3) is 0.231. The Labute approximate surface area is 304 Å². The molecule has 13 heteroatoms. The molecule has 0 aliphatic heterocycles. The molecule has 1 heterocycles. The maximum absolute atomic E-state index is 12.8.